The molecule has 0 heteroatoms. The lowest BCUT2D eigenvalue weighted by molar-refractivity contribution is 0.487. The van der Waals surface area contributed by atoms with Crippen LogP contribution in [0.1, 0.15) is 50.1 Å². The first-order valence-electron chi connectivity index (χ1n) is 19.8. The molecule has 264 valence electrons. The van der Waals surface area contributed by atoms with Crippen molar-refractivity contribution in [3.8, 4) is 0 Å². The van der Waals surface area contributed by atoms with Gasteiger partial charge in [0.2, 0.25) is 0 Å². The maximum Gasteiger partial charge on any atom is 0.0578 e. The average Bonchev–Trinajstić information content (AvgIpc) is 3.77. The minimum absolute atomic E-state index is 0.0998. The van der Waals surface area contributed by atoms with Gasteiger partial charge < -0.3 is 0 Å². The van der Waals surface area contributed by atoms with Gasteiger partial charge in [0.25, 0.3) is 0 Å². The molecule has 0 amide bonds. The lowest BCUT2D eigenvalue weighted by Gasteiger charge is -2.42. The predicted molar refractivity (Wildman–Crippen MR) is 231 cm³/mol. The third kappa shape index (κ3) is 4.14. The Balaban J connectivity index is 1.43. The van der Waals surface area contributed by atoms with Gasteiger partial charge in [-0.1, -0.05) is 237 Å². The number of hydrogen-bond acceptors (Lipinski definition) is 0. The molecule has 11 rings (SSSR count). The first-order chi connectivity index (χ1) is 27.8. The van der Waals surface area contributed by atoms with E-state index in [-0.39, 0.29) is 16.7 Å². The Kier molecular flexibility index (Phi) is 7.38. The molecule has 1 saturated carbocycles. The lowest BCUT2D eigenvalue weighted by Crippen LogP contribution is -2.41. The van der Waals surface area contributed by atoms with Gasteiger partial charge in [-0.05, 0) is 72.4 Å². The summed E-state index contributed by atoms with van der Waals surface area (Å²) in [5, 5.41) is 0. The van der Waals surface area contributed by atoms with Gasteiger partial charge in [-0.25, -0.2) is 0 Å². The van der Waals surface area contributed by atoms with Crippen LogP contribution >= 0.6 is 0 Å². The standard InChI is InChI=1S/C56H40/c1-8-24-40(25-9-1)49(41-26-10-2-11-27-41)50(42-28-12-3-13-29-42)51-52(43-30-14-4-15-31-43)54(44-32-16-5-17-33-44)47-38-22-23-39-48(47)55(45-34-18-6-19-35-45)53(51)56(54,55)46-36-20-7-21-37-46/h1-39,53H/t53-,54?,55?,56+/m1/s1. The predicted octanol–water partition coefficient (Wildman–Crippen LogP) is 13.0. The summed E-state index contributed by atoms with van der Waals surface area (Å²) in [4.78, 5) is 0. The number of benzene rings is 8. The van der Waals surface area contributed by atoms with E-state index in [1.54, 1.807) is 0 Å². The molecule has 0 bridgehead atoms. The fourth-order valence-electron chi connectivity index (χ4n) is 11.6. The smallest absolute Gasteiger partial charge is 0.0578 e. The van der Waals surface area contributed by atoms with E-state index in [4.69, 9.17) is 0 Å². The van der Waals surface area contributed by atoms with E-state index in [1.807, 2.05) is 0 Å². The van der Waals surface area contributed by atoms with E-state index in [9.17, 15) is 0 Å². The molecule has 0 N–H and O–H groups in total. The summed E-state index contributed by atoms with van der Waals surface area (Å²) in [6, 6.07) is 88.7. The summed E-state index contributed by atoms with van der Waals surface area (Å²) in [7, 11) is 0. The minimum atomic E-state index is -0.540. The Hall–Kier alpha value is -6.76. The van der Waals surface area contributed by atoms with Crippen LogP contribution in [0.25, 0.3) is 16.7 Å². The van der Waals surface area contributed by atoms with Gasteiger partial charge in [0.1, 0.15) is 0 Å². The van der Waals surface area contributed by atoms with Crippen LogP contribution in [-0.4, -0.2) is 0 Å². The van der Waals surface area contributed by atoms with Gasteiger partial charge in [-0.3, -0.25) is 0 Å². The third-order valence-corrected chi connectivity index (χ3v) is 13.1. The van der Waals surface area contributed by atoms with Crippen LogP contribution in [0.15, 0.2) is 242 Å². The van der Waals surface area contributed by atoms with Gasteiger partial charge in [-0.2, -0.15) is 0 Å². The van der Waals surface area contributed by atoms with Crippen LogP contribution in [0, 0.1) is 5.92 Å². The van der Waals surface area contributed by atoms with Crippen molar-refractivity contribution in [2.75, 3.05) is 0 Å². The van der Waals surface area contributed by atoms with Crippen molar-refractivity contribution in [3.63, 3.8) is 0 Å². The summed E-state index contributed by atoms with van der Waals surface area (Å²) in [5.41, 5.74) is 15.9. The average molecular weight is 713 g/mol. The molecular weight excluding hydrogens is 673 g/mol. The molecule has 1 fully saturated rings. The number of hydrogen-bond donors (Lipinski definition) is 0. The van der Waals surface area contributed by atoms with Crippen LogP contribution in [0.4, 0.5) is 0 Å². The van der Waals surface area contributed by atoms with Gasteiger partial charge in [0.15, 0.2) is 0 Å². The zero-order valence-electron chi connectivity index (χ0n) is 31.1. The number of fused-ring (bicyclic) bond motifs is 4. The van der Waals surface area contributed by atoms with E-state index < -0.39 is 5.41 Å². The Morgan fingerprint density at radius 2 is 0.696 bits per heavy atom. The lowest BCUT2D eigenvalue weighted by atomic mass is 9.59. The highest BCUT2D eigenvalue weighted by Crippen LogP contribution is 2.93. The second-order valence-electron chi connectivity index (χ2n) is 15.4. The maximum absolute atomic E-state index is 2.46. The molecule has 8 aromatic carbocycles. The molecule has 3 aliphatic rings. The Morgan fingerprint density at radius 3 is 1.20 bits per heavy atom. The highest BCUT2D eigenvalue weighted by molar-refractivity contribution is 6.14. The van der Waals surface area contributed by atoms with Crippen molar-refractivity contribution in [1.29, 1.82) is 0 Å². The summed E-state index contributed by atoms with van der Waals surface area (Å²) < 4.78 is 0. The molecule has 2 unspecified atom stereocenters. The molecule has 0 aliphatic heterocycles. The topological polar surface area (TPSA) is 0 Å². The van der Waals surface area contributed by atoms with Gasteiger partial charge in [-0.15, -0.1) is 0 Å². The molecule has 4 atom stereocenters. The number of allylic oxidation sites excluding steroid dienone is 3. The van der Waals surface area contributed by atoms with Crippen molar-refractivity contribution in [1.82, 2.24) is 0 Å². The number of rotatable bonds is 8. The van der Waals surface area contributed by atoms with E-state index in [0.29, 0.717) is 0 Å². The largest absolute Gasteiger partial charge is 0.0622 e. The summed E-state index contributed by atoms with van der Waals surface area (Å²) >= 11 is 0. The van der Waals surface area contributed by atoms with Gasteiger partial charge in [0.05, 0.1) is 5.41 Å². The van der Waals surface area contributed by atoms with Crippen molar-refractivity contribution in [3.05, 3.63) is 292 Å². The Morgan fingerprint density at radius 1 is 0.321 bits per heavy atom. The van der Waals surface area contributed by atoms with Crippen molar-refractivity contribution in [2.45, 2.75) is 16.2 Å². The fourth-order valence-corrected chi connectivity index (χ4v) is 11.6. The Labute approximate surface area is 329 Å². The normalized spacial score (nSPS) is 22.6. The monoisotopic (exact) mass is 712 g/mol. The molecular formula is C56H40. The van der Waals surface area contributed by atoms with Crippen molar-refractivity contribution in [2.24, 2.45) is 5.92 Å². The molecule has 0 spiro atoms. The second kappa shape index (κ2) is 12.7. The zero-order valence-corrected chi connectivity index (χ0v) is 31.1. The zero-order chi connectivity index (χ0) is 37.2. The minimum Gasteiger partial charge on any atom is -0.0622 e. The molecule has 0 aromatic heterocycles. The third-order valence-electron chi connectivity index (χ3n) is 13.1. The summed E-state index contributed by atoms with van der Waals surface area (Å²) in [6.45, 7) is 0. The van der Waals surface area contributed by atoms with Crippen LogP contribution in [0.5, 0.6) is 0 Å². The maximum atomic E-state index is 2.46. The highest BCUT2D eigenvalue weighted by Gasteiger charge is 2.93. The molecule has 0 radical (unpaired) electrons. The second-order valence-corrected chi connectivity index (χ2v) is 15.4. The molecule has 3 aliphatic carbocycles. The van der Waals surface area contributed by atoms with E-state index in [0.717, 1.165) is 0 Å². The van der Waals surface area contributed by atoms with E-state index in [1.165, 1.54) is 72.4 Å². The fraction of sp³-hybridized carbons (Fsp3) is 0.0714. The van der Waals surface area contributed by atoms with Crippen LogP contribution in [-0.2, 0) is 16.2 Å². The van der Waals surface area contributed by atoms with Crippen molar-refractivity contribution < 1.29 is 0 Å². The molecule has 56 heavy (non-hydrogen) atoms. The van der Waals surface area contributed by atoms with Crippen LogP contribution in [0.2, 0.25) is 0 Å². The quantitative estimate of drug-likeness (QED) is 0.138. The van der Waals surface area contributed by atoms with E-state index in [2.05, 4.69) is 237 Å². The van der Waals surface area contributed by atoms with Crippen LogP contribution < -0.4 is 0 Å². The first kappa shape index (κ1) is 32.7. The van der Waals surface area contributed by atoms with Gasteiger partial charge >= 0.3 is 0 Å². The molecule has 8 aromatic rings. The Bertz CT molecular complexity index is 2710. The highest BCUT2D eigenvalue weighted by atomic mass is 14.9. The molecule has 0 nitrogen and oxygen atoms in total. The van der Waals surface area contributed by atoms with E-state index >= 15 is 0 Å². The summed E-state index contributed by atoms with van der Waals surface area (Å²) in [5.74, 6) is 0.0998. The van der Waals surface area contributed by atoms with Crippen molar-refractivity contribution >= 4 is 16.7 Å². The summed E-state index contributed by atoms with van der Waals surface area (Å²) in [6.07, 6.45) is 0. The SMILES string of the molecule is c1ccc(C(=C(c2ccccc2)c2ccccc2)C2=C(c3ccccc3)C3(c4ccccc4)c4ccccc4C4(c5ccccc5)[C@@H]2[C@@]34c2ccccc2)cc1. The van der Waals surface area contributed by atoms with Gasteiger partial charge in [0, 0.05) is 16.7 Å². The van der Waals surface area contributed by atoms with Crippen LogP contribution in [0.3, 0.4) is 0 Å². The molecule has 0 heterocycles. The first-order valence-corrected chi connectivity index (χ1v) is 19.8. The molecule has 0 saturated heterocycles.